The van der Waals surface area contributed by atoms with Gasteiger partial charge in [0.25, 0.3) is 0 Å². The van der Waals surface area contributed by atoms with E-state index in [1.807, 2.05) is 0 Å². The minimum atomic E-state index is -0.156. The highest BCUT2D eigenvalue weighted by Gasteiger charge is 2.29. The van der Waals surface area contributed by atoms with Crippen molar-refractivity contribution < 1.29 is 0 Å². The summed E-state index contributed by atoms with van der Waals surface area (Å²) in [5.74, 6) is 0. The molecule has 0 bridgehead atoms. The lowest BCUT2D eigenvalue weighted by molar-refractivity contribution is 0.325. The smallest absolute Gasteiger partial charge is 0.0950 e. The summed E-state index contributed by atoms with van der Waals surface area (Å²) >= 11 is 6.74. The first-order chi connectivity index (χ1) is 8.20. The molecule has 1 fully saturated rings. The lowest BCUT2D eigenvalue weighted by atomic mass is 10.0. The predicted molar refractivity (Wildman–Crippen MR) is 76.7 cm³/mol. The normalized spacial score (nSPS) is 27.7. The van der Waals surface area contributed by atoms with Gasteiger partial charge in [0, 0.05) is 6.04 Å². The van der Waals surface area contributed by atoms with Gasteiger partial charge in [-0.2, -0.15) is 0 Å². The van der Waals surface area contributed by atoms with Crippen LogP contribution < -0.4 is 10.6 Å². The van der Waals surface area contributed by atoms with E-state index >= 15 is 0 Å². The van der Waals surface area contributed by atoms with Gasteiger partial charge >= 0.3 is 0 Å². The Hall–Kier alpha value is 0.210. The molecule has 0 radical (unpaired) electrons. The van der Waals surface area contributed by atoms with Gasteiger partial charge in [0.05, 0.1) is 5.00 Å². The Morgan fingerprint density at radius 2 is 2.00 bits per heavy atom. The molecule has 1 rings (SSSR count). The lowest BCUT2D eigenvalue weighted by Crippen LogP contribution is -2.46. The van der Waals surface area contributed by atoms with Crippen molar-refractivity contribution in [2.75, 3.05) is 13.1 Å². The molecule has 1 aliphatic heterocycles. The molecule has 17 heavy (non-hydrogen) atoms. The minimum Gasteiger partial charge on any atom is -0.317 e. The molecule has 2 atom stereocenters. The molecule has 2 unspecified atom stereocenters. The van der Waals surface area contributed by atoms with Crippen LogP contribution in [0.3, 0.4) is 0 Å². The number of hydrogen-bond donors (Lipinski definition) is 2. The number of alkyl halides is 1. The lowest BCUT2D eigenvalue weighted by Gasteiger charge is -2.32. The van der Waals surface area contributed by atoms with Gasteiger partial charge in [0.2, 0.25) is 0 Å². The number of rotatable bonds is 7. The number of nitrogens with one attached hydrogen (secondary N) is 2. The Labute approximate surface area is 112 Å². The van der Waals surface area contributed by atoms with Crippen molar-refractivity contribution in [3.8, 4) is 0 Å². The van der Waals surface area contributed by atoms with Crippen molar-refractivity contribution in [3.05, 3.63) is 0 Å². The SMILES string of the molecule is CCCCC(CCC)NC1(Cl)CCCNCC1. The quantitative estimate of drug-likeness (QED) is 0.539. The highest BCUT2D eigenvalue weighted by atomic mass is 35.5. The molecule has 0 aromatic heterocycles. The fraction of sp³-hybridized carbons (Fsp3) is 1.00. The summed E-state index contributed by atoms with van der Waals surface area (Å²) in [6.45, 7) is 6.68. The van der Waals surface area contributed by atoms with E-state index in [2.05, 4.69) is 24.5 Å². The highest BCUT2D eigenvalue weighted by Crippen LogP contribution is 2.26. The summed E-state index contributed by atoms with van der Waals surface area (Å²) in [5, 5.41) is 7.16. The molecule has 0 amide bonds. The average molecular weight is 261 g/mol. The van der Waals surface area contributed by atoms with Crippen molar-refractivity contribution in [1.82, 2.24) is 10.6 Å². The fourth-order valence-corrected chi connectivity index (χ4v) is 3.01. The van der Waals surface area contributed by atoms with Gasteiger partial charge in [-0.25, -0.2) is 0 Å². The van der Waals surface area contributed by atoms with Gasteiger partial charge in [-0.3, -0.25) is 5.32 Å². The fourth-order valence-electron chi connectivity index (χ4n) is 2.63. The first kappa shape index (κ1) is 15.3. The maximum absolute atomic E-state index is 6.74. The van der Waals surface area contributed by atoms with E-state index in [9.17, 15) is 0 Å². The molecule has 0 aliphatic carbocycles. The molecule has 1 heterocycles. The van der Waals surface area contributed by atoms with Crippen LogP contribution in [0.15, 0.2) is 0 Å². The number of unbranched alkanes of at least 4 members (excludes halogenated alkanes) is 1. The van der Waals surface area contributed by atoms with Crippen LogP contribution in [-0.2, 0) is 0 Å². The standard InChI is InChI=1S/C14H29ClN2/c1-3-5-8-13(7-4-2)17-14(15)9-6-11-16-12-10-14/h13,16-17H,3-12H2,1-2H3. The van der Waals surface area contributed by atoms with Gasteiger partial charge in [0.15, 0.2) is 0 Å². The summed E-state index contributed by atoms with van der Waals surface area (Å²) < 4.78 is 0. The third-order valence-electron chi connectivity index (χ3n) is 3.63. The van der Waals surface area contributed by atoms with E-state index in [4.69, 9.17) is 11.6 Å². The van der Waals surface area contributed by atoms with E-state index in [1.165, 1.54) is 38.5 Å². The zero-order chi connectivity index (χ0) is 12.6. The molecule has 0 spiro atoms. The van der Waals surface area contributed by atoms with Crippen LogP contribution in [0.4, 0.5) is 0 Å². The third-order valence-corrected chi connectivity index (χ3v) is 4.12. The summed E-state index contributed by atoms with van der Waals surface area (Å²) in [5.41, 5.74) is 0. The molecule has 102 valence electrons. The second kappa shape index (κ2) is 8.34. The van der Waals surface area contributed by atoms with Gasteiger partial charge in [0.1, 0.15) is 0 Å². The zero-order valence-electron chi connectivity index (χ0n) is 11.5. The highest BCUT2D eigenvalue weighted by molar-refractivity contribution is 6.23. The molecule has 2 nitrogen and oxygen atoms in total. The van der Waals surface area contributed by atoms with Gasteiger partial charge < -0.3 is 5.32 Å². The molecular formula is C14H29ClN2. The summed E-state index contributed by atoms with van der Waals surface area (Å²) in [7, 11) is 0. The summed E-state index contributed by atoms with van der Waals surface area (Å²) in [6.07, 6.45) is 9.67. The molecule has 1 aliphatic rings. The molecule has 1 saturated heterocycles. The topological polar surface area (TPSA) is 24.1 Å². The third kappa shape index (κ3) is 6.08. The Balaban J connectivity index is 2.44. The van der Waals surface area contributed by atoms with Crippen molar-refractivity contribution >= 4 is 11.6 Å². The van der Waals surface area contributed by atoms with Gasteiger partial charge in [-0.05, 0) is 45.2 Å². The van der Waals surface area contributed by atoms with Crippen LogP contribution >= 0.6 is 11.6 Å². The molecular weight excluding hydrogens is 232 g/mol. The Morgan fingerprint density at radius 1 is 1.18 bits per heavy atom. The molecule has 0 aromatic carbocycles. The van der Waals surface area contributed by atoms with Crippen molar-refractivity contribution in [2.24, 2.45) is 0 Å². The number of halogens is 1. The van der Waals surface area contributed by atoms with Gasteiger partial charge in [-0.15, -0.1) is 11.6 Å². The predicted octanol–water partition coefficient (Wildman–Crippen LogP) is 3.64. The van der Waals surface area contributed by atoms with Gasteiger partial charge in [-0.1, -0.05) is 33.1 Å². The average Bonchev–Trinajstić information content (AvgIpc) is 2.51. The summed E-state index contributed by atoms with van der Waals surface area (Å²) in [6, 6.07) is 0.607. The zero-order valence-corrected chi connectivity index (χ0v) is 12.3. The van der Waals surface area contributed by atoms with E-state index in [1.54, 1.807) is 0 Å². The van der Waals surface area contributed by atoms with Crippen LogP contribution in [0.2, 0.25) is 0 Å². The maximum atomic E-state index is 6.74. The Morgan fingerprint density at radius 3 is 2.71 bits per heavy atom. The molecule has 3 heteroatoms. The van der Waals surface area contributed by atoms with Crippen LogP contribution in [0, 0.1) is 0 Å². The van der Waals surface area contributed by atoms with E-state index < -0.39 is 0 Å². The Bertz CT molecular complexity index is 189. The second-order valence-electron chi connectivity index (χ2n) is 5.34. The number of hydrogen-bond acceptors (Lipinski definition) is 2. The molecule has 0 saturated carbocycles. The monoisotopic (exact) mass is 260 g/mol. The largest absolute Gasteiger partial charge is 0.317 e. The Kier molecular flexibility index (Phi) is 7.49. The van der Waals surface area contributed by atoms with Crippen LogP contribution in [0.1, 0.15) is 65.2 Å². The van der Waals surface area contributed by atoms with E-state index in [0.717, 1.165) is 25.9 Å². The van der Waals surface area contributed by atoms with Crippen molar-refractivity contribution in [2.45, 2.75) is 76.3 Å². The van der Waals surface area contributed by atoms with Crippen LogP contribution in [0.5, 0.6) is 0 Å². The van der Waals surface area contributed by atoms with Crippen LogP contribution in [0.25, 0.3) is 0 Å². The molecule has 2 N–H and O–H groups in total. The van der Waals surface area contributed by atoms with E-state index in [-0.39, 0.29) is 5.00 Å². The first-order valence-electron chi connectivity index (χ1n) is 7.37. The first-order valence-corrected chi connectivity index (χ1v) is 7.75. The van der Waals surface area contributed by atoms with Crippen molar-refractivity contribution in [1.29, 1.82) is 0 Å². The summed E-state index contributed by atoms with van der Waals surface area (Å²) in [4.78, 5) is -0.156. The van der Waals surface area contributed by atoms with E-state index in [0.29, 0.717) is 6.04 Å². The second-order valence-corrected chi connectivity index (χ2v) is 6.06. The maximum Gasteiger partial charge on any atom is 0.0950 e. The minimum absolute atomic E-state index is 0.156. The van der Waals surface area contributed by atoms with Crippen LogP contribution in [-0.4, -0.2) is 24.1 Å². The molecule has 0 aromatic rings. The van der Waals surface area contributed by atoms with Crippen molar-refractivity contribution in [3.63, 3.8) is 0 Å².